The minimum atomic E-state index is -0.103. The van der Waals surface area contributed by atoms with E-state index in [1.54, 1.807) is 0 Å². The Morgan fingerprint density at radius 1 is 1.00 bits per heavy atom. The summed E-state index contributed by atoms with van der Waals surface area (Å²) >= 11 is 0. The number of H-pyrrole nitrogens is 1. The van der Waals surface area contributed by atoms with Crippen molar-refractivity contribution in [3.63, 3.8) is 0 Å². The molecule has 2 heterocycles. The van der Waals surface area contributed by atoms with Crippen LogP contribution in [0.4, 0.5) is 5.69 Å². The lowest BCUT2D eigenvalue weighted by Gasteiger charge is -2.39. The maximum absolute atomic E-state index is 13.0. The minimum absolute atomic E-state index is 0.103. The Kier molecular flexibility index (Phi) is 4.51. The average Bonchev–Trinajstić information content (AvgIpc) is 3.11. The summed E-state index contributed by atoms with van der Waals surface area (Å²) in [4.78, 5) is 21.0. The van der Waals surface area contributed by atoms with E-state index in [4.69, 9.17) is 0 Å². The second kappa shape index (κ2) is 6.96. The third kappa shape index (κ3) is 3.01. The van der Waals surface area contributed by atoms with Gasteiger partial charge in [0, 0.05) is 54.5 Å². The van der Waals surface area contributed by atoms with Gasteiger partial charge < -0.3 is 9.88 Å². The van der Waals surface area contributed by atoms with Crippen LogP contribution in [0.1, 0.15) is 22.8 Å². The number of hydrogen-bond donors (Lipinski definition) is 1. The standard InChI is InChI=1S/C22H25N3O/c1-16-7-3-6-10-21(16)25-13-11-24(12-14-25)17(2)22(26)19-15-23-20-9-5-4-8-18(19)20/h3-10,15,17,23H,11-14H2,1-2H3/t17-/m1/s1. The Hall–Kier alpha value is -2.59. The van der Waals surface area contributed by atoms with Gasteiger partial charge in [0.25, 0.3) is 0 Å². The van der Waals surface area contributed by atoms with E-state index in [0.717, 1.165) is 42.6 Å². The van der Waals surface area contributed by atoms with Gasteiger partial charge in [-0.25, -0.2) is 0 Å². The molecule has 0 bridgehead atoms. The van der Waals surface area contributed by atoms with Crippen molar-refractivity contribution in [2.24, 2.45) is 0 Å². The Morgan fingerprint density at radius 2 is 1.69 bits per heavy atom. The first-order valence-corrected chi connectivity index (χ1v) is 9.30. The Morgan fingerprint density at radius 3 is 2.46 bits per heavy atom. The summed E-state index contributed by atoms with van der Waals surface area (Å²) in [6, 6.07) is 16.4. The van der Waals surface area contributed by atoms with Crippen molar-refractivity contribution in [3.05, 3.63) is 65.9 Å². The van der Waals surface area contributed by atoms with Gasteiger partial charge in [-0.1, -0.05) is 36.4 Å². The molecule has 1 aliphatic rings. The lowest BCUT2D eigenvalue weighted by molar-refractivity contribution is 0.0831. The molecule has 0 radical (unpaired) electrons. The molecule has 3 aromatic rings. The van der Waals surface area contributed by atoms with Crippen LogP contribution < -0.4 is 4.90 Å². The number of rotatable bonds is 4. The summed E-state index contributed by atoms with van der Waals surface area (Å²) in [5, 5.41) is 1.02. The van der Waals surface area contributed by atoms with Crippen molar-refractivity contribution >= 4 is 22.4 Å². The average molecular weight is 347 g/mol. The smallest absolute Gasteiger partial charge is 0.181 e. The van der Waals surface area contributed by atoms with Crippen LogP contribution in [0.2, 0.25) is 0 Å². The molecule has 4 rings (SSSR count). The largest absolute Gasteiger partial charge is 0.369 e. The van der Waals surface area contributed by atoms with Crippen LogP contribution in [0.15, 0.2) is 54.7 Å². The molecule has 1 aliphatic heterocycles. The molecule has 2 aromatic carbocycles. The molecule has 0 spiro atoms. The second-order valence-corrected chi connectivity index (χ2v) is 7.10. The van der Waals surface area contributed by atoms with E-state index >= 15 is 0 Å². The molecule has 4 nitrogen and oxygen atoms in total. The molecule has 0 amide bonds. The van der Waals surface area contributed by atoms with Gasteiger partial charge in [-0.05, 0) is 31.5 Å². The van der Waals surface area contributed by atoms with Crippen molar-refractivity contribution in [1.29, 1.82) is 0 Å². The van der Waals surface area contributed by atoms with Gasteiger partial charge in [-0.15, -0.1) is 0 Å². The van der Waals surface area contributed by atoms with Gasteiger partial charge in [-0.2, -0.15) is 0 Å². The quantitative estimate of drug-likeness (QED) is 0.728. The highest BCUT2D eigenvalue weighted by molar-refractivity contribution is 6.10. The summed E-state index contributed by atoms with van der Waals surface area (Å²) < 4.78 is 0. The zero-order chi connectivity index (χ0) is 18.1. The van der Waals surface area contributed by atoms with E-state index in [0.29, 0.717) is 0 Å². The van der Waals surface area contributed by atoms with E-state index in [1.807, 2.05) is 37.4 Å². The van der Waals surface area contributed by atoms with Crippen LogP contribution >= 0.6 is 0 Å². The monoisotopic (exact) mass is 347 g/mol. The zero-order valence-electron chi connectivity index (χ0n) is 15.4. The SMILES string of the molecule is Cc1ccccc1N1CCN([C@H](C)C(=O)c2c[nH]c3ccccc23)CC1. The van der Waals surface area contributed by atoms with E-state index in [2.05, 4.69) is 46.0 Å². The maximum atomic E-state index is 13.0. The van der Waals surface area contributed by atoms with Gasteiger partial charge in [0.2, 0.25) is 0 Å². The van der Waals surface area contributed by atoms with Gasteiger partial charge >= 0.3 is 0 Å². The van der Waals surface area contributed by atoms with Gasteiger partial charge in [-0.3, -0.25) is 9.69 Å². The molecule has 1 fully saturated rings. The number of nitrogens with zero attached hydrogens (tertiary/aromatic N) is 2. The number of aromatic amines is 1. The highest BCUT2D eigenvalue weighted by Crippen LogP contribution is 2.24. The topological polar surface area (TPSA) is 39.3 Å². The van der Waals surface area contributed by atoms with Crippen LogP contribution in [0.25, 0.3) is 10.9 Å². The number of aromatic nitrogens is 1. The summed E-state index contributed by atoms with van der Waals surface area (Å²) in [5.74, 6) is 0.201. The number of aryl methyl sites for hydroxylation is 1. The molecule has 0 saturated carbocycles. The van der Waals surface area contributed by atoms with Crippen molar-refractivity contribution in [3.8, 4) is 0 Å². The van der Waals surface area contributed by atoms with Crippen LogP contribution in [0, 0.1) is 6.92 Å². The highest BCUT2D eigenvalue weighted by Gasteiger charge is 2.27. The number of Topliss-reactive ketones (excluding diaryl/α,β-unsaturated/α-hetero) is 1. The molecule has 0 unspecified atom stereocenters. The molecule has 1 N–H and O–H groups in total. The summed E-state index contributed by atoms with van der Waals surface area (Å²) in [6.07, 6.45) is 1.85. The van der Waals surface area contributed by atoms with Gasteiger partial charge in [0.15, 0.2) is 5.78 Å². The number of anilines is 1. The fraction of sp³-hybridized carbons (Fsp3) is 0.318. The molecule has 1 saturated heterocycles. The zero-order valence-corrected chi connectivity index (χ0v) is 15.4. The van der Waals surface area contributed by atoms with Crippen LogP contribution in [-0.4, -0.2) is 47.9 Å². The van der Waals surface area contributed by atoms with Gasteiger partial charge in [0.1, 0.15) is 0 Å². The van der Waals surface area contributed by atoms with E-state index < -0.39 is 0 Å². The highest BCUT2D eigenvalue weighted by atomic mass is 16.1. The van der Waals surface area contributed by atoms with E-state index in [-0.39, 0.29) is 11.8 Å². The van der Waals surface area contributed by atoms with Crippen molar-refractivity contribution in [2.45, 2.75) is 19.9 Å². The number of carbonyl (C=O) groups is 1. The van der Waals surface area contributed by atoms with Crippen molar-refractivity contribution in [1.82, 2.24) is 9.88 Å². The molecule has 4 heteroatoms. The number of benzene rings is 2. The fourth-order valence-corrected chi connectivity index (χ4v) is 3.93. The maximum Gasteiger partial charge on any atom is 0.181 e. The predicted octanol–water partition coefficient (Wildman–Crippen LogP) is 3.87. The molecule has 1 aromatic heterocycles. The number of nitrogens with one attached hydrogen (secondary N) is 1. The molecule has 0 aliphatic carbocycles. The number of hydrogen-bond acceptors (Lipinski definition) is 3. The summed E-state index contributed by atoms with van der Waals surface area (Å²) in [7, 11) is 0. The number of para-hydroxylation sites is 2. The third-order valence-electron chi connectivity index (χ3n) is 5.55. The number of piperazine rings is 1. The van der Waals surface area contributed by atoms with Gasteiger partial charge in [0.05, 0.1) is 6.04 Å². The molecular formula is C22H25N3O. The van der Waals surface area contributed by atoms with Crippen LogP contribution in [0.5, 0.6) is 0 Å². The Bertz CT molecular complexity index is 922. The second-order valence-electron chi connectivity index (χ2n) is 7.10. The van der Waals surface area contributed by atoms with Crippen molar-refractivity contribution < 1.29 is 4.79 Å². The lowest BCUT2D eigenvalue weighted by Crippen LogP contribution is -2.51. The first-order chi connectivity index (χ1) is 12.6. The van der Waals surface area contributed by atoms with E-state index in [1.165, 1.54) is 11.3 Å². The van der Waals surface area contributed by atoms with Crippen LogP contribution in [0.3, 0.4) is 0 Å². The first kappa shape index (κ1) is 16.9. The summed E-state index contributed by atoms with van der Waals surface area (Å²) in [5.41, 5.74) is 4.44. The normalized spacial score (nSPS) is 16.8. The fourth-order valence-electron chi connectivity index (χ4n) is 3.93. The number of carbonyl (C=O) groups excluding carboxylic acids is 1. The summed E-state index contributed by atoms with van der Waals surface area (Å²) in [6.45, 7) is 7.91. The third-order valence-corrected chi connectivity index (χ3v) is 5.55. The molecule has 26 heavy (non-hydrogen) atoms. The molecule has 134 valence electrons. The Balaban J connectivity index is 1.46. The number of fused-ring (bicyclic) bond motifs is 1. The number of ketones is 1. The van der Waals surface area contributed by atoms with E-state index in [9.17, 15) is 4.79 Å². The first-order valence-electron chi connectivity index (χ1n) is 9.30. The predicted molar refractivity (Wildman–Crippen MR) is 107 cm³/mol. The van der Waals surface area contributed by atoms with Crippen LogP contribution in [-0.2, 0) is 0 Å². The molecular weight excluding hydrogens is 322 g/mol. The van der Waals surface area contributed by atoms with Crippen molar-refractivity contribution in [2.75, 3.05) is 31.1 Å². The molecule has 1 atom stereocenters. The Labute approximate surface area is 154 Å². The minimum Gasteiger partial charge on any atom is -0.369 e. The lowest BCUT2D eigenvalue weighted by atomic mass is 10.0.